The van der Waals surface area contributed by atoms with Gasteiger partial charge in [0.2, 0.25) is 0 Å². The van der Waals surface area contributed by atoms with Gasteiger partial charge in [-0.15, -0.1) is 0 Å². The van der Waals surface area contributed by atoms with Crippen molar-refractivity contribution in [2.75, 3.05) is 14.2 Å². The minimum absolute atomic E-state index is 0.180. The molecule has 0 saturated carbocycles. The Kier molecular flexibility index (Phi) is 4.04. The second-order valence-electron chi connectivity index (χ2n) is 4.01. The first kappa shape index (κ1) is 13.1. The van der Waals surface area contributed by atoms with Crippen molar-refractivity contribution in [1.82, 2.24) is 15.1 Å². The first-order valence-electron chi connectivity index (χ1n) is 5.72. The number of rotatable bonds is 4. The minimum atomic E-state index is 0.180. The monoisotopic (exact) mass is 309 g/mol. The summed E-state index contributed by atoms with van der Waals surface area (Å²) in [5.41, 5.74) is 2.11. The quantitative estimate of drug-likeness (QED) is 0.944. The Morgan fingerprint density at radius 3 is 2.78 bits per heavy atom. The van der Waals surface area contributed by atoms with E-state index in [0.29, 0.717) is 0 Å². The largest absolute Gasteiger partial charge is 0.496 e. The molecular weight excluding hydrogens is 294 g/mol. The fraction of sp³-hybridized carbons (Fsp3) is 0.308. The molecule has 1 unspecified atom stereocenters. The molecule has 1 heterocycles. The van der Waals surface area contributed by atoms with E-state index in [2.05, 4.69) is 33.3 Å². The Balaban J connectivity index is 2.59. The maximum absolute atomic E-state index is 5.44. The second kappa shape index (κ2) is 5.54. The second-order valence-corrected chi connectivity index (χ2v) is 4.92. The maximum atomic E-state index is 5.44. The predicted octanol–water partition coefficient (Wildman–Crippen LogP) is 2.92. The summed E-state index contributed by atoms with van der Waals surface area (Å²) in [6, 6.07) is 6.14. The minimum Gasteiger partial charge on any atom is -0.496 e. The lowest BCUT2D eigenvalue weighted by atomic mass is 10.0. The molecule has 2 aromatic rings. The van der Waals surface area contributed by atoms with Gasteiger partial charge in [0.05, 0.1) is 23.5 Å². The topological polar surface area (TPSA) is 39.1 Å². The lowest BCUT2D eigenvalue weighted by molar-refractivity contribution is 0.403. The summed E-state index contributed by atoms with van der Waals surface area (Å²) in [6.45, 7) is 2.10. The third-order valence-electron chi connectivity index (χ3n) is 2.93. The van der Waals surface area contributed by atoms with Gasteiger partial charge in [0, 0.05) is 17.8 Å². The highest BCUT2D eigenvalue weighted by Crippen LogP contribution is 2.31. The lowest BCUT2D eigenvalue weighted by Gasteiger charge is -2.19. The van der Waals surface area contributed by atoms with Crippen LogP contribution in [-0.4, -0.2) is 23.9 Å². The molecule has 0 amide bonds. The normalized spacial score (nSPS) is 12.4. The SMILES string of the molecule is CNC(C)c1c(OC)cccc1-n1cc(Br)cn1. The first-order chi connectivity index (χ1) is 8.67. The van der Waals surface area contributed by atoms with Gasteiger partial charge in [0.1, 0.15) is 5.75 Å². The Hall–Kier alpha value is -1.33. The summed E-state index contributed by atoms with van der Waals surface area (Å²) < 4.78 is 8.24. The third-order valence-corrected chi connectivity index (χ3v) is 3.34. The summed E-state index contributed by atoms with van der Waals surface area (Å²) in [7, 11) is 3.61. The molecule has 1 aromatic carbocycles. The molecule has 0 bridgehead atoms. The van der Waals surface area contributed by atoms with Crippen LogP contribution in [0.5, 0.6) is 5.75 Å². The van der Waals surface area contributed by atoms with Crippen molar-refractivity contribution in [2.24, 2.45) is 0 Å². The van der Waals surface area contributed by atoms with Crippen LogP contribution in [0.4, 0.5) is 0 Å². The molecule has 96 valence electrons. The van der Waals surface area contributed by atoms with Crippen molar-refractivity contribution in [3.63, 3.8) is 0 Å². The summed E-state index contributed by atoms with van der Waals surface area (Å²) in [4.78, 5) is 0. The van der Waals surface area contributed by atoms with Gasteiger partial charge in [-0.1, -0.05) is 6.07 Å². The van der Waals surface area contributed by atoms with Crippen LogP contribution in [0.25, 0.3) is 5.69 Å². The molecule has 4 nitrogen and oxygen atoms in total. The van der Waals surface area contributed by atoms with Gasteiger partial charge in [-0.05, 0) is 42.0 Å². The van der Waals surface area contributed by atoms with Crippen molar-refractivity contribution >= 4 is 15.9 Å². The van der Waals surface area contributed by atoms with Crippen LogP contribution >= 0.6 is 15.9 Å². The summed E-state index contributed by atoms with van der Waals surface area (Å²) >= 11 is 3.41. The number of nitrogens with one attached hydrogen (secondary N) is 1. The molecule has 18 heavy (non-hydrogen) atoms. The van der Waals surface area contributed by atoms with Crippen molar-refractivity contribution in [1.29, 1.82) is 0 Å². The molecule has 0 fully saturated rings. The van der Waals surface area contributed by atoms with Gasteiger partial charge in [0.15, 0.2) is 0 Å². The van der Waals surface area contributed by atoms with Gasteiger partial charge >= 0.3 is 0 Å². The van der Waals surface area contributed by atoms with E-state index >= 15 is 0 Å². The number of hydrogen-bond acceptors (Lipinski definition) is 3. The fourth-order valence-corrected chi connectivity index (χ4v) is 2.21. The molecule has 0 aliphatic heterocycles. The fourth-order valence-electron chi connectivity index (χ4n) is 1.92. The van der Waals surface area contributed by atoms with Gasteiger partial charge in [0.25, 0.3) is 0 Å². The van der Waals surface area contributed by atoms with Crippen LogP contribution in [-0.2, 0) is 0 Å². The van der Waals surface area contributed by atoms with Crippen LogP contribution in [0.3, 0.4) is 0 Å². The van der Waals surface area contributed by atoms with Crippen molar-refractivity contribution in [2.45, 2.75) is 13.0 Å². The molecule has 0 spiro atoms. The van der Waals surface area contributed by atoms with Crippen molar-refractivity contribution in [3.8, 4) is 11.4 Å². The van der Waals surface area contributed by atoms with Crippen LogP contribution < -0.4 is 10.1 Å². The Bertz CT molecular complexity index is 539. The number of benzene rings is 1. The molecule has 0 aliphatic rings. The zero-order valence-corrected chi connectivity index (χ0v) is 12.2. The highest BCUT2D eigenvalue weighted by atomic mass is 79.9. The molecule has 1 atom stereocenters. The highest BCUT2D eigenvalue weighted by Gasteiger charge is 2.16. The zero-order chi connectivity index (χ0) is 13.1. The number of methoxy groups -OCH3 is 1. The van der Waals surface area contributed by atoms with E-state index in [9.17, 15) is 0 Å². The summed E-state index contributed by atoms with van der Waals surface area (Å²) in [5.74, 6) is 0.862. The smallest absolute Gasteiger partial charge is 0.125 e. The number of nitrogens with zero attached hydrogens (tertiary/aromatic N) is 2. The maximum Gasteiger partial charge on any atom is 0.125 e. The van der Waals surface area contributed by atoms with Gasteiger partial charge in [-0.25, -0.2) is 4.68 Å². The number of hydrogen-bond donors (Lipinski definition) is 1. The summed E-state index contributed by atoms with van der Waals surface area (Å²) in [5, 5.41) is 7.57. The molecule has 0 saturated heterocycles. The Labute approximate surface area is 115 Å². The molecule has 5 heteroatoms. The number of halogens is 1. The Morgan fingerprint density at radius 2 is 2.22 bits per heavy atom. The first-order valence-corrected chi connectivity index (χ1v) is 6.51. The average Bonchev–Trinajstić information content (AvgIpc) is 2.83. The highest BCUT2D eigenvalue weighted by molar-refractivity contribution is 9.10. The van der Waals surface area contributed by atoms with Crippen molar-refractivity contribution in [3.05, 3.63) is 40.6 Å². The molecule has 1 N–H and O–H groups in total. The predicted molar refractivity (Wildman–Crippen MR) is 75.3 cm³/mol. The number of aromatic nitrogens is 2. The molecule has 0 radical (unpaired) electrons. The van der Waals surface area contributed by atoms with Crippen LogP contribution in [0, 0.1) is 0 Å². The van der Waals surface area contributed by atoms with E-state index in [1.165, 1.54) is 0 Å². The van der Waals surface area contributed by atoms with Crippen LogP contribution in [0.2, 0.25) is 0 Å². The van der Waals surface area contributed by atoms with Crippen LogP contribution in [0.1, 0.15) is 18.5 Å². The van der Waals surface area contributed by atoms with Gasteiger partial charge in [-0.3, -0.25) is 0 Å². The average molecular weight is 310 g/mol. The van der Waals surface area contributed by atoms with Crippen LogP contribution in [0.15, 0.2) is 35.1 Å². The van der Waals surface area contributed by atoms with E-state index in [1.807, 2.05) is 36.1 Å². The third kappa shape index (κ3) is 2.42. The lowest BCUT2D eigenvalue weighted by Crippen LogP contribution is -2.16. The van der Waals surface area contributed by atoms with E-state index in [0.717, 1.165) is 21.5 Å². The van der Waals surface area contributed by atoms with E-state index < -0.39 is 0 Å². The molecular formula is C13H16BrN3O. The number of ether oxygens (including phenoxy) is 1. The van der Waals surface area contributed by atoms with Gasteiger partial charge < -0.3 is 10.1 Å². The molecule has 0 aliphatic carbocycles. The zero-order valence-electron chi connectivity index (χ0n) is 10.6. The van der Waals surface area contributed by atoms with Crippen molar-refractivity contribution < 1.29 is 4.74 Å². The Morgan fingerprint density at radius 1 is 1.44 bits per heavy atom. The van der Waals surface area contributed by atoms with Gasteiger partial charge in [-0.2, -0.15) is 5.10 Å². The van der Waals surface area contributed by atoms with E-state index in [-0.39, 0.29) is 6.04 Å². The molecule has 1 aromatic heterocycles. The van der Waals surface area contributed by atoms with E-state index in [1.54, 1.807) is 13.3 Å². The summed E-state index contributed by atoms with van der Waals surface area (Å²) in [6.07, 6.45) is 3.70. The van der Waals surface area contributed by atoms with E-state index in [4.69, 9.17) is 4.74 Å². The molecule has 2 rings (SSSR count). The standard InChI is InChI=1S/C13H16BrN3O/c1-9(15-2)13-11(5-4-6-12(13)18-3)17-8-10(14)7-16-17/h4-9,15H,1-3H3.